The summed E-state index contributed by atoms with van der Waals surface area (Å²) >= 11 is 0. The minimum absolute atomic E-state index is 0.163. The molecule has 0 amide bonds. The Kier molecular flexibility index (Phi) is 3.45. The summed E-state index contributed by atoms with van der Waals surface area (Å²) in [5.41, 5.74) is -0.603. The molecule has 0 saturated heterocycles. The maximum absolute atomic E-state index is 11.1. The Morgan fingerprint density at radius 1 is 1.57 bits per heavy atom. The van der Waals surface area contributed by atoms with Crippen molar-refractivity contribution < 1.29 is 9.90 Å². The number of hydrogen-bond donors (Lipinski definition) is 1. The predicted molar refractivity (Wildman–Crippen MR) is 52.6 cm³/mol. The van der Waals surface area contributed by atoms with Crippen molar-refractivity contribution in [3.05, 3.63) is 34.2 Å². The maximum Gasteiger partial charge on any atom is 0.341 e. The van der Waals surface area contributed by atoms with Crippen molar-refractivity contribution in [2.24, 2.45) is 0 Å². The summed E-state index contributed by atoms with van der Waals surface area (Å²) in [5, 5.41) is 8.70. The van der Waals surface area contributed by atoms with E-state index in [9.17, 15) is 9.59 Å². The van der Waals surface area contributed by atoms with E-state index in [-0.39, 0.29) is 5.56 Å². The Labute approximate surface area is 81.8 Å². The summed E-state index contributed by atoms with van der Waals surface area (Å²) in [6, 6.07) is 1.29. The molecule has 0 radical (unpaired) electrons. The first-order valence-electron chi connectivity index (χ1n) is 4.58. The van der Waals surface area contributed by atoms with Crippen LogP contribution in [0.5, 0.6) is 0 Å². The third-order valence-corrected chi connectivity index (χ3v) is 1.98. The topological polar surface area (TPSA) is 59.3 Å². The van der Waals surface area contributed by atoms with Gasteiger partial charge in [0.25, 0.3) is 0 Å². The molecule has 0 aromatic carbocycles. The Bertz CT molecular complexity index is 381. The Morgan fingerprint density at radius 2 is 2.29 bits per heavy atom. The zero-order valence-electron chi connectivity index (χ0n) is 8.06. The highest BCUT2D eigenvalue weighted by Crippen LogP contribution is 1.97. The Morgan fingerprint density at radius 3 is 2.86 bits per heavy atom. The molecule has 1 aromatic rings. The molecule has 0 aliphatic rings. The van der Waals surface area contributed by atoms with Gasteiger partial charge in [-0.3, -0.25) is 4.79 Å². The number of carboxylic acids is 1. The SMILES string of the molecule is CCCCn1ccc(=O)c(C(=O)O)c1. The standard InChI is InChI=1S/C10H13NO3/c1-2-3-5-11-6-4-9(12)8(7-11)10(13)14/h4,6-7H,2-3,5H2,1H3,(H,13,14). The highest BCUT2D eigenvalue weighted by molar-refractivity contribution is 5.86. The maximum atomic E-state index is 11.1. The van der Waals surface area contributed by atoms with Crippen molar-refractivity contribution in [1.29, 1.82) is 0 Å². The van der Waals surface area contributed by atoms with Crippen molar-refractivity contribution in [2.75, 3.05) is 0 Å². The lowest BCUT2D eigenvalue weighted by atomic mass is 10.2. The summed E-state index contributed by atoms with van der Waals surface area (Å²) in [6.07, 6.45) is 5.02. The van der Waals surface area contributed by atoms with Crippen LogP contribution in [0, 0.1) is 0 Å². The van der Waals surface area contributed by atoms with Crippen LogP contribution in [0.1, 0.15) is 30.1 Å². The van der Waals surface area contributed by atoms with E-state index in [0.29, 0.717) is 0 Å². The zero-order valence-corrected chi connectivity index (χ0v) is 8.06. The van der Waals surface area contributed by atoms with E-state index < -0.39 is 11.4 Å². The average Bonchev–Trinajstić information content (AvgIpc) is 2.16. The molecular formula is C10H13NO3. The van der Waals surface area contributed by atoms with Gasteiger partial charge < -0.3 is 9.67 Å². The van der Waals surface area contributed by atoms with Gasteiger partial charge in [0, 0.05) is 25.0 Å². The van der Waals surface area contributed by atoms with Gasteiger partial charge in [0.15, 0.2) is 5.43 Å². The van der Waals surface area contributed by atoms with E-state index in [0.717, 1.165) is 19.4 Å². The molecule has 0 unspecified atom stereocenters. The molecule has 4 heteroatoms. The van der Waals surface area contributed by atoms with E-state index in [1.807, 2.05) is 0 Å². The second-order valence-electron chi connectivity index (χ2n) is 3.12. The van der Waals surface area contributed by atoms with Crippen LogP contribution < -0.4 is 5.43 Å². The first-order chi connectivity index (χ1) is 6.65. The molecular weight excluding hydrogens is 182 g/mol. The van der Waals surface area contributed by atoms with Crippen molar-refractivity contribution in [3.8, 4) is 0 Å². The van der Waals surface area contributed by atoms with Crippen molar-refractivity contribution >= 4 is 5.97 Å². The summed E-state index contributed by atoms with van der Waals surface area (Å²) in [6.45, 7) is 2.80. The number of aromatic nitrogens is 1. The van der Waals surface area contributed by atoms with Crippen LogP contribution in [0.3, 0.4) is 0 Å². The molecule has 0 saturated carbocycles. The largest absolute Gasteiger partial charge is 0.477 e. The number of pyridine rings is 1. The third-order valence-electron chi connectivity index (χ3n) is 1.98. The molecule has 0 aliphatic heterocycles. The van der Waals surface area contributed by atoms with E-state index in [1.54, 1.807) is 10.8 Å². The fraction of sp³-hybridized carbons (Fsp3) is 0.400. The second kappa shape index (κ2) is 4.60. The molecule has 14 heavy (non-hydrogen) atoms. The van der Waals surface area contributed by atoms with Gasteiger partial charge in [-0.05, 0) is 6.42 Å². The van der Waals surface area contributed by atoms with Gasteiger partial charge in [0.2, 0.25) is 0 Å². The minimum Gasteiger partial charge on any atom is -0.477 e. The molecule has 4 nitrogen and oxygen atoms in total. The van der Waals surface area contributed by atoms with Crippen LogP contribution in [-0.2, 0) is 6.54 Å². The molecule has 1 heterocycles. The Balaban J connectivity index is 2.95. The molecule has 0 spiro atoms. The second-order valence-corrected chi connectivity index (χ2v) is 3.12. The normalized spacial score (nSPS) is 10.1. The number of rotatable bonds is 4. The van der Waals surface area contributed by atoms with Gasteiger partial charge >= 0.3 is 5.97 Å². The van der Waals surface area contributed by atoms with Gasteiger partial charge in [0.1, 0.15) is 5.56 Å². The molecule has 1 rings (SSSR count). The van der Waals surface area contributed by atoms with Crippen LogP contribution in [0.4, 0.5) is 0 Å². The van der Waals surface area contributed by atoms with Gasteiger partial charge in [-0.1, -0.05) is 13.3 Å². The number of nitrogens with zero attached hydrogens (tertiary/aromatic N) is 1. The summed E-state index contributed by atoms with van der Waals surface area (Å²) in [4.78, 5) is 21.7. The van der Waals surface area contributed by atoms with Gasteiger partial charge in [0.05, 0.1) is 0 Å². The lowest BCUT2D eigenvalue weighted by molar-refractivity contribution is 0.0694. The quantitative estimate of drug-likeness (QED) is 0.788. The fourth-order valence-corrected chi connectivity index (χ4v) is 1.17. The summed E-state index contributed by atoms with van der Waals surface area (Å²) in [5.74, 6) is -1.17. The number of carboxylic acid groups (broad SMARTS) is 1. The molecule has 76 valence electrons. The van der Waals surface area contributed by atoms with Gasteiger partial charge in [-0.15, -0.1) is 0 Å². The number of unbranched alkanes of at least 4 members (excludes halogenated alkanes) is 1. The number of aromatic carboxylic acids is 1. The van der Waals surface area contributed by atoms with Crippen LogP contribution in [0.25, 0.3) is 0 Å². The van der Waals surface area contributed by atoms with Crippen LogP contribution in [0.2, 0.25) is 0 Å². The van der Waals surface area contributed by atoms with Crippen molar-refractivity contribution in [3.63, 3.8) is 0 Å². The number of hydrogen-bond acceptors (Lipinski definition) is 2. The summed E-state index contributed by atoms with van der Waals surface area (Å²) < 4.78 is 1.73. The molecule has 0 bridgehead atoms. The van der Waals surface area contributed by atoms with Crippen LogP contribution in [0.15, 0.2) is 23.3 Å². The highest BCUT2D eigenvalue weighted by Gasteiger charge is 2.07. The van der Waals surface area contributed by atoms with Crippen molar-refractivity contribution in [1.82, 2.24) is 4.57 Å². The Hall–Kier alpha value is -1.58. The van der Waals surface area contributed by atoms with Crippen LogP contribution >= 0.6 is 0 Å². The van der Waals surface area contributed by atoms with Crippen molar-refractivity contribution in [2.45, 2.75) is 26.3 Å². The van der Waals surface area contributed by atoms with E-state index in [4.69, 9.17) is 5.11 Å². The lowest BCUT2D eigenvalue weighted by Gasteiger charge is -2.05. The summed E-state index contributed by atoms with van der Waals surface area (Å²) in [7, 11) is 0. The molecule has 0 aliphatic carbocycles. The third kappa shape index (κ3) is 2.45. The van der Waals surface area contributed by atoms with Gasteiger partial charge in [-0.25, -0.2) is 4.79 Å². The number of carbonyl (C=O) groups is 1. The average molecular weight is 195 g/mol. The van der Waals surface area contributed by atoms with Crippen LogP contribution in [-0.4, -0.2) is 15.6 Å². The van der Waals surface area contributed by atoms with E-state index in [1.165, 1.54) is 12.3 Å². The zero-order chi connectivity index (χ0) is 10.6. The molecule has 0 fully saturated rings. The van der Waals surface area contributed by atoms with E-state index in [2.05, 4.69) is 6.92 Å². The number of aryl methyl sites for hydroxylation is 1. The smallest absolute Gasteiger partial charge is 0.341 e. The lowest BCUT2D eigenvalue weighted by Crippen LogP contribution is -2.16. The molecule has 1 N–H and O–H groups in total. The van der Waals surface area contributed by atoms with Gasteiger partial charge in [-0.2, -0.15) is 0 Å². The highest BCUT2D eigenvalue weighted by atomic mass is 16.4. The predicted octanol–water partition coefficient (Wildman–Crippen LogP) is 1.35. The minimum atomic E-state index is -1.17. The monoisotopic (exact) mass is 195 g/mol. The molecule has 1 aromatic heterocycles. The van der Waals surface area contributed by atoms with E-state index >= 15 is 0 Å². The molecule has 0 atom stereocenters. The first-order valence-corrected chi connectivity index (χ1v) is 4.58. The first kappa shape index (κ1) is 10.5. The fourth-order valence-electron chi connectivity index (χ4n) is 1.17.